The summed E-state index contributed by atoms with van der Waals surface area (Å²) in [6.07, 6.45) is 0.955. The minimum Gasteiger partial charge on any atom is -0.385 e. The van der Waals surface area contributed by atoms with Gasteiger partial charge in [0.25, 0.3) is 0 Å². The van der Waals surface area contributed by atoms with Crippen LogP contribution >= 0.6 is 60.4 Å². The number of hydrogen-bond donors (Lipinski definition) is 2. The molecule has 0 saturated carbocycles. The van der Waals surface area contributed by atoms with Crippen molar-refractivity contribution in [3.05, 3.63) is 0 Å². The summed E-state index contributed by atoms with van der Waals surface area (Å²) in [4.78, 5) is 2.09. The van der Waals surface area contributed by atoms with Gasteiger partial charge in [0.15, 0.2) is 0 Å². The molecule has 0 saturated heterocycles. The first-order valence-corrected chi connectivity index (χ1v) is 6.66. The summed E-state index contributed by atoms with van der Waals surface area (Å²) in [5, 5.41) is 0.300. The fraction of sp³-hybridized carbons (Fsp3) is 0.714. The molecule has 1 atom stereocenters. The maximum absolute atomic E-state index is 5.47. The molecule has 0 aliphatic carbocycles. The van der Waals surface area contributed by atoms with E-state index in [1.165, 1.54) is 23.5 Å². The van der Waals surface area contributed by atoms with Gasteiger partial charge >= 0.3 is 0 Å². The van der Waals surface area contributed by atoms with E-state index < -0.39 is 0 Å². The number of nitrogens with zero attached hydrogens (tertiary/aromatic N) is 1. The van der Waals surface area contributed by atoms with Gasteiger partial charge in [-0.1, -0.05) is 48.0 Å². The van der Waals surface area contributed by atoms with E-state index in [9.17, 15) is 0 Å². The van der Waals surface area contributed by atoms with Crippen molar-refractivity contribution in [3.63, 3.8) is 0 Å². The van der Waals surface area contributed by atoms with E-state index in [0.29, 0.717) is 14.0 Å². The topological polar surface area (TPSA) is 55.3 Å². The number of rotatable bonds is 5. The lowest BCUT2D eigenvalue weighted by Gasteiger charge is -2.22. The zero-order valence-corrected chi connectivity index (χ0v) is 12.7. The molecule has 3 nitrogen and oxygen atoms in total. The maximum Gasteiger partial charge on any atom is 0.132 e. The van der Waals surface area contributed by atoms with Crippen LogP contribution in [0.1, 0.15) is 6.42 Å². The normalized spacial score (nSPS) is 11.9. The minimum absolute atomic E-state index is 0. The van der Waals surface area contributed by atoms with Crippen molar-refractivity contribution >= 4 is 69.0 Å². The van der Waals surface area contributed by atoms with Crippen molar-refractivity contribution < 1.29 is 0 Å². The summed E-state index contributed by atoms with van der Waals surface area (Å²) < 4.78 is 0.965. The Morgan fingerprint density at radius 3 is 2.13 bits per heavy atom. The van der Waals surface area contributed by atoms with E-state index in [1.54, 1.807) is 0 Å². The Morgan fingerprint density at radius 1 is 1.27 bits per heavy atom. The molecule has 90 valence electrons. The van der Waals surface area contributed by atoms with Crippen LogP contribution in [0.4, 0.5) is 0 Å². The van der Waals surface area contributed by atoms with Crippen molar-refractivity contribution in [2.75, 3.05) is 19.8 Å². The lowest BCUT2D eigenvalue weighted by molar-refractivity contribution is 0.378. The Hall–Kier alpha value is 0.730. The fourth-order valence-corrected chi connectivity index (χ4v) is 2.81. The predicted molar refractivity (Wildman–Crippen MR) is 83.0 cm³/mol. The first-order valence-electron chi connectivity index (χ1n) is 3.98. The lowest BCUT2D eigenvalue weighted by atomic mass is 10.4. The molecule has 4 N–H and O–H groups in total. The summed E-state index contributed by atoms with van der Waals surface area (Å²) in [5.74, 6) is 0.897. The zero-order valence-electron chi connectivity index (χ0n) is 8.63. The summed E-state index contributed by atoms with van der Waals surface area (Å²) in [7, 11) is 4.00. The Morgan fingerprint density at radius 2 is 1.80 bits per heavy atom. The Labute approximate surface area is 116 Å². The lowest BCUT2D eigenvalue weighted by Crippen LogP contribution is -2.28. The summed E-state index contributed by atoms with van der Waals surface area (Å²) in [6, 6.07) is 0. The van der Waals surface area contributed by atoms with Gasteiger partial charge in [0.05, 0.1) is 5.37 Å². The molecule has 0 radical (unpaired) electrons. The molecular weight excluding hydrogens is 290 g/mol. The van der Waals surface area contributed by atoms with Crippen LogP contribution in [0.15, 0.2) is 0 Å². The highest BCUT2D eigenvalue weighted by Crippen LogP contribution is 2.19. The van der Waals surface area contributed by atoms with Crippen molar-refractivity contribution in [2.24, 2.45) is 11.5 Å². The summed E-state index contributed by atoms with van der Waals surface area (Å²) >= 11 is 12.6. The van der Waals surface area contributed by atoms with E-state index in [-0.39, 0.29) is 12.4 Å². The highest BCUT2D eigenvalue weighted by Gasteiger charge is 2.13. The third-order valence-corrected chi connectivity index (χ3v) is 3.97. The molecule has 0 heterocycles. The van der Waals surface area contributed by atoms with Crippen LogP contribution in [0.25, 0.3) is 0 Å². The van der Waals surface area contributed by atoms with E-state index >= 15 is 0 Å². The molecule has 0 aliphatic heterocycles. The first-order chi connectivity index (χ1) is 6.43. The van der Waals surface area contributed by atoms with Crippen LogP contribution in [0.2, 0.25) is 0 Å². The summed E-state index contributed by atoms with van der Waals surface area (Å²) in [6.45, 7) is 0. The molecule has 0 bridgehead atoms. The Kier molecular flexibility index (Phi) is 12.0. The quantitative estimate of drug-likeness (QED) is 0.591. The van der Waals surface area contributed by atoms with Gasteiger partial charge in [-0.05, 0) is 20.5 Å². The van der Waals surface area contributed by atoms with Gasteiger partial charge in [-0.15, -0.1) is 12.4 Å². The van der Waals surface area contributed by atoms with Gasteiger partial charge in [0.1, 0.15) is 8.64 Å². The molecule has 0 aliphatic rings. The van der Waals surface area contributed by atoms with Crippen LogP contribution in [-0.4, -0.2) is 38.8 Å². The van der Waals surface area contributed by atoms with Crippen LogP contribution in [0.3, 0.4) is 0 Å². The highest BCUT2D eigenvalue weighted by atomic mass is 35.5. The maximum atomic E-state index is 5.47. The van der Waals surface area contributed by atoms with E-state index in [1.807, 2.05) is 14.1 Å². The van der Waals surface area contributed by atoms with Crippen LogP contribution < -0.4 is 11.5 Å². The second-order valence-electron chi connectivity index (χ2n) is 2.81. The Bertz CT molecular complexity index is 212. The van der Waals surface area contributed by atoms with Crippen molar-refractivity contribution in [2.45, 2.75) is 11.8 Å². The van der Waals surface area contributed by atoms with Gasteiger partial charge in [-0.2, -0.15) is 0 Å². The molecule has 0 unspecified atom stereocenters. The highest BCUT2D eigenvalue weighted by molar-refractivity contribution is 8.23. The second kappa shape index (κ2) is 9.92. The van der Waals surface area contributed by atoms with Crippen molar-refractivity contribution in [1.29, 1.82) is 0 Å². The standard InChI is InChI=1S/C7H15N3S4.ClH/c1-10(2)5(14-7(9)12)3-4-13-6(8)11;/h5H,3-4H2,1-2H3,(H2,8,11)(H2,9,12);1H/t5-;/m0./s1. The largest absolute Gasteiger partial charge is 0.385 e. The van der Waals surface area contributed by atoms with Gasteiger partial charge in [-0.25, -0.2) is 0 Å². The third-order valence-electron chi connectivity index (χ3n) is 1.44. The number of hydrogen-bond acceptors (Lipinski definition) is 5. The fourth-order valence-electron chi connectivity index (χ4n) is 0.817. The minimum atomic E-state index is 0. The van der Waals surface area contributed by atoms with E-state index in [0.717, 1.165) is 12.2 Å². The van der Waals surface area contributed by atoms with Crippen molar-refractivity contribution in [3.8, 4) is 0 Å². The predicted octanol–water partition coefficient (Wildman–Crippen LogP) is 1.64. The smallest absolute Gasteiger partial charge is 0.132 e. The average Bonchev–Trinajstić information content (AvgIpc) is 2.00. The Balaban J connectivity index is 0. The monoisotopic (exact) mass is 305 g/mol. The molecule has 0 aromatic heterocycles. The van der Waals surface area contributed by atoms with Gasteiger partial charge in [0.2, 0.25) is 0 Å². The first kappa shape index (κ1) is 18.1. The zero-order chi connectivity index (χ0) is 11.1. The summed E-state index contributed by atoms with van der Waals surface area (Å²) in [5.41, 5.74) is 10.9. The number of thioether (sulfide) groups is 2. The van der Waals surface area contributed by atoms with Gasteiger partial charge < -0.3 is 11.5 Å². The molecule has 0 aromatic carbocycles. The molecule has 15 heavy (non-hydrogen) atoms. The van der Waals surface area contributed by atoms with Crippen LogP contribution in [0.5, 0.6) is 0 Å². The van der Waals surface area contributed by atoms with Crippen LogP contribution in [0, 0.1) is 0 Å². The number of nitrogens with two attached hydrogens (primary N) is 2. The molecule has 0 aromatic rings. The molecule has 8 heteroatoms. The molecule has 0 rings (SSSR count). The molecule has 0 fully saturated rings. The average molecular weight is 306 g/mol. The molecule has 0 amide bonds. The number of thiocarbonyl (C=S) groups is 2. The van der Waals surface area contributed by atoms with E-state index in [4.69, 9.17) is 35.9 Å². The van der Waals surface area contributed by atoms with E-state index in [2.05, 4.69) is 4.90 Å². The molecular formula is C7H16ClN3S4. The second-order valence-corrected chi connectivity index (χ2v) is 6.56. The van der Waals surface area contributed by atoms with Gasteiger partial charge in [0, 0.05) is 5.75 Å². The third kappa shape index (κ3) is 11.0. The van der Waals surface area contributed by atoms with Crippen LogP contribution in [-0.2, 0) is 0 Å². The van der Waals surface area contributed by atoms with Crippen molar-refractivity contribution in [1.82, 2.24) is 4.90 Å². The SMILES string of the molecule is CN(C)[C@H](CCSC(N)=S)SC(N)=S.Cl. The molecule has 0 spiro atoms. The van der Waals surface area contributed by atoms with Gasteiger partial charge in [-0.3, -0.25) is 4.90 Å². The number of halogens is 1.